The van der Waals surface area contributed by atoms with Crippen LogP contribution in [0.25, 0.3) is 0 Å². The smallest absolute Gasteiger partial charge is 0.410 e. The molecule has 1 amide bonds. The van der Waals surface area contributed by atoms with Crippen molar-refractivity contribution in [2.45, 2.75) is 25.1 Å². The van der Waals surface area contributed by atoms with Gasteiger partial charge in [0.1, 0.15) is 6.61 Å². The van der Waals surface area contributed by atoms with Crippen LogP contribution in [0.15, 0.2) is 60.7 Å². The maximum Gasteiger partial charge on any atom is 0.410 e. The third-order valence-electron chi connectivity index (χ3n) is 4.03. The zero-order valence-electron chi connectivity index (χ0n) is 12.4. The van der Waals surface area contributed by atoms with E-state index in [0.29, 0.717) is 6.54 Å². The molecule has 2 atom stereocenters. The molecular weight excluding hydrogens is 276 g/mol. The van der Waals surface area contributed by atoms with Gasteiger partial charge in [0.05, 0.1) is 6.04 Å². The molecule has 2 N–H and O–H groups in total. The molecule has 2 aromatic rings. The molecular formula is C18H20N2O2. The second-order valence-corrected chi connectivity index (χ2v) is 5.54. The molecule has 114 valence electrons. The number of carbonyl (C=O) groups is 1. The minimum absolute atomic E-state index is 0.0494. The Bertz CT molecular complexity index is 615. The molecule has 22 heavy (non-hydrogen) atoms. The maximum atomic E-state index is 12.4. The Morgan fingerprint density at radius 3 is 2.41 bits per heavy atom. The van der Waals surface area contributed by atoms with Crippen molar-refractivity contribution < 1.29 is 9.53 Å². The van der Waals surface area contributed by atoms with E-state index in [2.05, 4.69) is 0 Å². The lowest BCUT2D eigenvalue weighted by Crippen LogP contribution is -2.36. The molecule has 1 heterocycles. The Morgan fingerprint density at radius 2 is 1.73 bits per heavy atom. The average molecular weight is 296 g/mol. The van der Waals surface area contributed by atoms with Crippen LogP contribution in [0.4, 0.5) is 4.79 Å². The molecule has 0 saturated carbocycles. The van der Waals surface area contributed by atoms with E-state index in [1.807, 2.05) is 60.7 Å². The molecule has 0 bridgehead atoms. The van der Waals surface area contributed by atoms with Gasteiger partial charge in [0.2, 0.25) is 0 Å². The summed E-state index contributed by atoms with van der Waals surface area (Å²) in [6.45, 7) is 0.918. The Morgan fingerprint density at radius 1 is 1.09 bits per heavy atom. The number of carbonyl (C=O) groups excluding carboxylic acids is 1. The van der Waals surface area contributed by atoms with E-state index in [4.69, 9.17) is 10.5 Å². The molecule has 0 radical (unpaired) electrons. The first kappa shape index (κ1) is 14.6. The molecule has 4 nitrogen and oxygen atoms in total. The number of rotatable bonds is 3. The van der Waals surface area contributed by atoms with E-state index in [-0.39, 0.29) is 24.8 Å². The Balaban J connectivity index is 1.68. The molecule has 0 aromatic heterocycles. The van der Waals surface area contributed by atoms with Crippen molar-refractivity contribution in [3.63, 3.8) is 0 Å². The van der Waals surface area contributed by atoms with Crippen LogP contribution in [-0.2, 0) is 11.3 Å². The van der Waals surface area contributed by atoms with Crippen LogP contribution < -0.4 is 5.73 Å². The third-order valence-corrected chi connectivity index (χ3v) is 4.03. The van der Waals surface area contributed by atoms with Gasteiger partial charge in [-0.1, -0.05) is 60.7 Å². The lowest BCUT2D eigenvalue weighted by Gasteiger charge is -2.26. The Kier molecular flexibility index (Phi) is 4.39. The fourth-order valence-electron chi connectivity index (χ4n) is 2.90. The number of nitrogens with zero attached hydrogens (tertiary/aromatic N) is 1. The molecule has 0 aliphatic carbocycles. The van der Waals surface area contributed by atoms with Crippen molar-refractivity contribution in [2.24, 2.45) is 5.73 Å². The van der Waals surface area contributed by atoms with E-state index >= 15 is 0 Å². The summed E-state index contributed by atoms with van der Waals surface area (Å²) >= 11 is 0. The number of hydrogen-bond acceptors (Lipinski definition) is 3. The first-order chi connectivity index (χ1) is 10.8. The molecule has 1 aliphatic rings. The van der Waals surface area contributed by atoms with Gasteiger partial charge in [-0.15, -0.1) is 0 Å². The highest BCUT2D eigenvalue weighted by Gasteiger charge is 2.36. The van der Waals surface area contributed by atoms with Gasteiger partial charge in [0, 0.05) is 12.6 Å². The van der Waals surface area contributed by atoms with Gasteiger partial charge in [-0.05, 0) is 17.5 Å². The summed E-state index contributed by atoms with van der Waals surface area (Å²) in [6.07, 6.45) is 0.491. The first-order valence-corrected chi connectivity index (χ1v) is 7.53. The third kappa shape index (κ3) is 3.12. The molecule has 2 aromatic carbocycles. The quantitative estimate of drug-likeness (QED) is 0.947. The highest BCUT2D eigenvalue weighted by atomic mass is 16.6. The van der Waals surface area contributed by atoms with Gasteiger partial charge in [0.15, 0.2) is 0 Å². The lowest BCUT2D eigenvalue weighted by molar-refractivity contribution is 0.0908. The number of ether oxygens (including phenoxy) is 1. The minimum Gasteiger partial charge on any atom is -0.445 e. The van der Waals surface area contributed by atoms with Gasteiger partial charge < -0.3 is 10.5 Å². The van der Waals surface area contributed by atoms with Crippen LogP contribution in [0.1, 0.15) is 23.6 Å². The second kappa shape index (κ2) is 6.62. The highest BCUT2D eigenvalue weighted by molar-refractivity contribution is 5.69. The van der Waals surface area contributed by atoms with Gasteiger partial charge in [0.25, 0.3) is 0 Å². The van der Waals surface area contributed by atoms with Crippen molar-refractivity contribution in [1.29, 1.82) is 0 Å². The van der Waals surface area contributed by atoms with Crippen LogP contribution >= 0.6 is 0 Å². The van der Waals surface area contributed by atoms with Crippen molar-refractivity contribution in [2.75, 3.05) is 6.54 Å². The topological polar surface area (TPSA) is 55.6 Å². The summed E-state index contributed by atoms with van der Waals surface area (Å²) in [5.74, 6) is 0. The summed E-state index contributed by atoms with van der Waals surface area (Å²) < 4.78 is 5.44. The zero-order valence-corrected chi connectivity index (χ0v) is 12.4. The van der Waals surface area contributed by atoms with E-state index in [9.17, 15) is 4.79 Å². The molecule has 0 spiro atoms. The first-order valence-electron chi connectivity index (χ1n) is 7.53. The molecule has 1 saturated heterocycles. The predicted octanol–water partition coefficient (Wildman–Crippen LogP) is 3.10. The normalized spacial score (nSPS) is 20.9. The fraction of sp³-hybridized carbons (Fsp3) is 0.278. The van der Waals surface area contributed by atoms with E-state index in [1.54, 1.807) is 4.90 Å². The van der Waals surface area contributed by atoms with E-state index in [0.717, 1.165) is 17.5 Å². The summed E-state index contributed by atoms with van der Waals surface area (Å²) in [5, 5.41) is 0. The zero-order chi connectivity index (χ0) is 15.4. The molecule has 0 unspecified atom stereocenters. The number of hydrogen-bond donors (Lipinski definition) is 1. The van der Waals surface area contributed by atoms with Gasteiger partial charge in [-0.2, -0.15) is 0 Å². The monoisotopic (exact) mass is 296 g/mol. The Hall–Kier alpha value is -2.33. The summed E-state index contributed by atoms with van der Waals surface area (Å²) in [4.78, 5) is 14.1. The molecule has 3 rings (SSSR count). The Labute approximate surface area is 130 Å². The minimum atomic E-state index is -0.300. The average Bonchev–Trinajstić information content (AvgIpc) is 2.96. The summed E-state index contributed by atoms with van der Waals surface area (Å²) in [5.41, 5.74) is 8.24. The fourth-order valence-corrected chi connectivity index (χ4v) is 2.90. The van der Waals surface area contributed by atoms with Crippen LogP contribution in [0.3, 0.4) is 0 Å². The SMILES string of the molecule is N[C@H]1CCN(C(=O)OCc2ccccc2)[C@@H]1c1ccccc1. The lowest BCUT2D eigenvalue weighted by atomic mass is 10.0. The van der Waals surface area contributed by atoms with Gasteiger partial charge >= 0.3 is 6.09 Å². The van der Waals surface area contributed by atoms with E-state index in [1.165, 1.54) is 0 Å². The predicted molar refractivity (Wildman–Crippen MR) is 85.1 cm³/mol. The van der Waals surface area contributed by atoms with E-state index < -0.39 is 0 Å². The highest BCUT2D eigenvalue weighted by Crippen LogP contribution is 2.31. The van der Waals surface area contributed by atoms with Crippen LogP contribution in [0, 0.1) is 0 Å². The van der Waals surface area contributed by atoms with Crippen LogP contribution in [-0.4, -0.2) is 23.6 Å². The van der Waals surface area contributed by atoms with Crippen molar-refractivity contribution in [3.05, 3.63) is 71.8 Å². The van der Waals surface area contributed by atoms with Crippen LogP contribution in [0.5, 0.6) is 0 Å². The molecule has 1 fully saturated rings. The maximum absolute atomic E-state index is 12.4. The van der Waals surface area contributed by atoms with Crippen molar-refractivity contribution in [1.82, 2.24) is 4.90 Å². The standard InChI is InChI=1S/C18H20N2O2/c19-16-11-12-20(17(16)15-9-5-2-6-10-15)18(21)22-13-14-7-3-1-4-8-14/h1-10,16-17H,11-13,19H2/t16-,17+/m0/s1. The molecule has 1 aliphatic heterocycles. The number of nitrogens with two attached hydrogens (primary N) is 1. The van der Waals surface area contributed by atoms with Gasteiger partial charge in [-0.25, -0.2) is 4.79 Å². The van der Waals surface area contributed by atoms with Crippen molar-refractivity contribution in [3.8, 4) is 0 Å². The summed E-state index contributed by atoms with van der Waals surface area (Å²) in [6, 6.07) is 19.4. The number of benzene rings is 2. The largest absolute Gasteiger partial charge is 0.445 e. The second-order valence-electron chi connectivity index (χ2n) is 5.54. The van der Waals surface area contributed by atoms with Crippen LogP contribution in [0.2, 0.25) is 0 Å². The number of likely N-dealkylation sites (tertiary alicyclic amines) is 1. The van der Waals surface area contributed by atoms with Crippen molar-refractivity contribution >= 4 is 6.09 Å². The van der Waals surface area contributed by atoms with Gasteiger partial charge in [-0.3, -0.25) is 4.90 Å². The molecule has 4 heteroatoms. The summed E-state index contributed by atoms with van der Waals surface area (Å²) in [7, 11) is 0. The number of amides is 1.